The van der Waals surface area contributed by atoms with Crippen molar-refractivity contribution in [2.45, 2.75) is 31.2 Å². The zero-order chi connectivity index (χ0) is 16.4. The molecule has 2 aliphatic heterocycles. The number of amides is 1. The molecule has 1 amide bonds. The lowest BCUT2D eigenvalue weighted by atomic mass is 9.77. The van der Waals surface area contributed by atoms with E-state index in [1.165, 1.54) is 0 Å². The van der Waals surface area contributed by atoms with Gasteiger partial charge in [-0.25, -0.2) is 0 Å². The summed E-state index contributed by atoms with van der Waals surface area (Å²) in [6.45, 7) is 2.57. The predicted octanol–water partition coefficient (Wildman–Crippen LogP) is 1.02. The van der Waals surface area contributed by atoms with Crippen LogP contribution in [0.1, 0.15) is 25.0 Å². The predicted molar refractivity (Wildman–Crippen MR) is 84.9 cm³/mol. The summed E-state index contributed by atoms with van der Waals surface area (Å²) in [7, 11) is 1.76. The molecule has 1 spiro atoms. The van der Waals surface area contributed by atoms with E-state index in [4.69, 9.17) is 0 Å². The topological polar surface area (TPSA) is 73.7 Å². The van der Waals surface area contributed by atoms with Crippen molar-refractivity contribution in [2.24, 2.45) is 5.92 Å². The minimum Gasteiger partial charge on any atom is -0.481 e. The quantitative estimate of drug-likeness (QED) is 0.897. The number of nitrogens with zero attached hydrogens (tertiary/aromatic N) is 3. The molecule has 124 valence electrons. The van der Waals surface area contributed by atoms with E-state index in [1.807, 2.05) is 18.2 Å². The largest absolute Gasteiger partial charge is 0.481 e. The zero-order valence-electron chi connectivity index (χ0n) is 13.4. The summed E-state index contributed by atoms with van der Waals surface area (Å²) in [5.41, 5.74) is 0.578. The minimum absolute atomic E-state index is 0.0423. The van der Waals surface area contributed by atoms with Crippen LogP contribution < -0.4 is 0 Å². The Balaban J connectivity index is 1.61. The van der Waals surface area contributed by atoms with Gasteiger partial charge in [-0.2, -0.15) is 0 Å². The third-order valence-corrected chi connectivity index (χ3v) is 5.50. The molecule has 1 N–H and O–H groups in total. The Morgan fingerprint density at radius 1 is 1.39 bits per heavy atom. The molecule has 1 aromatic heterocycles. The molecule has 2 fully saturated rings. The number of carbonyl (C=O) groups excluding carboxylic acids is 1. The van der Waals surface area contributed by atoms with Gasteiger partial charge in [-0.15, -0.1) is 0 Å². The van der Waals surface area contributed by atoms with Gasteiger partial charge in [0.05, 0.1) is 11.5 Å². The SMILES string of the molecule is CN1C(=O)C[C@H](C(=O)O)C12CCN(CCc1ccccn1)CC2. The number of rotatable bonds is 4. The molecule has 0 aromatic carbocycles. The van der Waals surface area contributed by atoms with Crippen molar-refractivity contribution in [1.29, 1.82) is 0 Å². The first-order valence-corrected chi connectivity index (χ1v) is 8.15. The normalized spacial score (nSPS) is 24.3. The van der Waals surface area contributed by atoms with Gasteiger partial charge in [-0.3, -0.25) is 14.6 Å². The molecule has 2 saturated heterocycles. The van der Waals surface area contributed by atoms with E-state index in [9.17, 15) is 14.7 Å². The molecule has 3 rings (SSSR count). The van der Waals surface area contributed by atoms with Crippen molar-refractivity contribution >= 4 is 11.9 Å². The van der Waals surface area contributed by atoms with Crippen molar-refractivity contribution in [3.63, 3.8) is 0 Å². The van der Waals surface area contributed by atoms with Crippen LogP contribution in [0.4, 0.5) is 0 Å². The van der Waals surface area contributed by atoms with Crippen LogP contribution in [0.3, 0.4) is 0 Å². The molecule has 3 heterocycles. The number of hydrogen-bond donors (Lipinski definition) is 1. The Kier molecular flexibility index (Phi) is 4.35. The highest BCUT2D eigenvalue weighted by Crippen LogP contribution is 2.42. The first-order chi connectivity index (χ1) is 11.0. The number of piperidine rings is 1. The number of carboxylic acid groups (broad SMARTS) is 1. The van der Waals surface area contributed by atoms with Gasteiger partial charge < -0.3 is 14.9 Å². The maximum Gasteiger partial charge on any atom is 0.309 e. The first-order valence-electron chi connectivity index (χ1n) is 8.15. The number of aliphatic carboxylic acids is 1. The van der Waals surface area contributed by atoms with E-state index in [0.29, 0.717) is 0 Å². The number of likely N-dealkylation sites (tertiary alicyclic amines) is 2. The molecule has 0 bridgehead atoms. The molecule has 23 heavy (non-hydrogen) atoms. The van der Waals surface area contributed by atoms with Crippen LogP contribution in [-0.2, 0) is 16.0 Å². The van der Waals surface area contributed by atoms with Crippen molar-refractivity contribution in [2.75, 3.05) is 26.7 Å². The molecule has 1 aromatic rings. The average Bonchev–Trinajstić information content (AvgIpc) is 2.81. The maximum atomic E-state index is 12.0. The summed E-state index contributed by atoms with van der Waals surface area (Å²) in [6.07, 6.45) is 4.30. The highest BCUT2D eigenvalue weighted by atomic mass is 16.4. The van der Waals surface area contributed by atoms with Crippen molar-refractivity contribution in [3.05, 3.63) is 30.1 Å². The number of pyridine rings is 1. The highest BCUT2D eigenvalue weighted by Gasteiger charge is 2.55. The van der Waals surface area contributed by atoms with E-state index in [0.717, 1.165) is 44.6 Å². The fraction of sp³-hybridized carbons (Fsp3) is 0.588. The van der Waals surface area contributed by atoms with E-state index in [2.05, 4.69) is 9.88 Å². The monoisotopic (exact) mass is 317 g/mol. The van der Waals surface area contributed by atoms with Gasteiger partial charge in [0.15, 0.2) is 0 Å². The van der Waals surface area contributed by atoms with Gasteiger partial charge in [0.1, 0.15) is 0 Å². The second-order valence-corrected chi connectivity index (χ2v) is 6.56. The first kappa shape index (κ1) is 15.9. The lowest BCUT2D eigenvalue weighted by molar-refractivity contribution is -0.146. The molecule has 1 atom stereocenters. The van der Waals surface area contributed by atoms with Gasteiger partial charge in [-0.05, 0) is 25.0 Å². The molecule has 0 unspecified atom stereocenters. The molecule has 0 aliphatic carbocycles. The Hall–Kier alpha value is -1.95. The maximum absolute atomic E-state index is 12.0. The van der Waals surface area contributed by atoms with Crippen LogP contribution in [0.5, 0.6) is 0 Å². The smallest absolute Gasteiger partial charge is 0.309 e. The minimum atomic E-state index is -0.843. The molecule has 6 nitrogen and oxygen atoms in total. The van der Waals surface area contributed by atoms with Crippen LogP contribution in [0.15, 0.2) is 24.4 Å². The Bertz CT molecular complexity index is 582. The van der Waals surface area contributed by atoms with E-state index in [1.54, 1.807) is 18.1 Å². The summed E-state index contributed by atoms with van der Waals surface area (Å²) in [6, 6.07) is 5.92. The number of carboxylic acids is 1. The second-order valence-electron chi connectivity index (χ2n) is 6.56. The standard InChI is InChI=1S/C17H23N3O3/c1-19-15(21)12-14(16(22)23)17(19)6-10-20(11-7-17)9-5-13-4-2-3-8-18-13/h2-4,8,14H,5-7,9-12H2,1H3,(H,22,23)/t14-/m1/s1. The van der Waals surface area contributed by atoms with Crippen LogP contribution in [0, 0.1) is 5.92 Å². The Morgan fingerprint density at radius 2 is 2.13 bits per heavy atom. The van der Waals surface area contributed by atoms with Crippen LogP contribution in [0.25, 0.3) is 0 Å². The van der Waals surface area contributed by atoms with E-state index in [-0.39, 0.29) is 12.3 Å². The molecule has 2 aliphatic rings. The Labute approximate surface area is 136 Å². The van der Waals surface area contributed by atoms with Gasteiger partial charge in [0.25, 0.3) is 0 Å². The summed E-state index contributed by atoms with van der Waals surface area (Å²) < 4.78 is 0. The van der Waals surface area contributed by atoms with Gasteiger partial charge >= 0.3 is 5.97 Å². The zero-order valence-corrected chi connectivity index (χ0v) is 13.4. The average molecular weight is 317 g/mol. The summed E-state index contributed by atoms with van der Waals surface area (Å²) in [4.78, 5) is 31.9. The van der Waals surface area contributed by atoms with E-state index >= 15 is 0 Å². The number of aromatic nitrogens is 1. The molecule has 6 heteroatoms. The lowest BCUT2D eigenvalue weighted by Gasteiger charge is -2.45. The van der Waals surface area contributed by atoms with Crippen molar-refractivity contribution in [3.8, 4) is 0 Å². The van der Waals surface area contributed by atoms with Gasteiger partial charge in [0.2, 0.25) is 5.91 Å². The van der Waals surface area contributed by atoms with Crippen LogP contribution in [-0.4, -0.2) is 64.0 Å². The van der Waals surface area contributed by atoms with Crippen molar-refractivity contribution < 1.29 is 14.7 Å². The van der Waals surface area contributed by atoms with Crippen molar-refractivity contribution in [1.82, 2.24) is 14.8 Å². The summed E-state index contributed by atoms with van der Waals surface area (Å²) in [5.74, 6) is -1.46. The van der Waals surface area contributed by atoms with E-state index < -0.39 is 17.4 Å². The molecular weight excluding hydrogens is 294 g/mol. The molecule has 0 radical (unpaired) electrons. The highest BCUT2D eigenvalue weighted by molar-refractivity contribution is 5.88. The third kappa shape index (κ3) is 2.95. The van der Waals surface area contributed by atoms with Gasteiger partial charge in [-0.1, -0.05) is 6.07 Å². The van der Waals surface area contributed by atoms with Gasteiger partial charge in [0, 0.05) is 51.4 Å². The lowest BCUT2D eigenvalue weighted by Crippen LogP contribution is -2.56. The van der Waals surface area contributed by atoms with Crippen LogP contribution in [0.2, 0.25) is 0 Å². The number of hydrogen-bond acceptors (Lipinski definition) is 4. The summed E-state index contributed by atoms with van der Waals surface area (Å²) >= 11 is 0. The summed E-state index contributed by atoms with van der Waals surface area (Å²) in [5, 5.41) is 9.48. The second kappa shape index (κ2) is 6.28. The molecular formula is C17H23N3O3. The third-order valence-electron chi connectivity index (χ3n) is 5.50. The number of carbonyl (C=O) groups is 2. The Morgan fingerprint density at radius 3 is 2.74 bits per heavy atom. The molecule has 0 saturated carbocycles. The fourth-order valence-corrected chi connectivity index (χ4v) is 3.97. The fourth-order valence-electron chi connectivity index (χ4n) is 3.97. The van der Waals surface area contributed by atoms with Crippen LogP contribution >= 0.6 is 0 Å².